The highest BCUT2D eigenvalue weighted by atomic mass is 35.5. The molecule has 4 nitrogen and oxygen atoms in total. The number of piperazine rings is 1. The minimum Gasteiger partial charge on any atom is -0.370 e. The van der Waals surface area contributed by atoms with E-state index in [0.29, 0.717) is 6.42 Å². The van der Waals surface area contributed by atoms with Crippen LogP contribution in [0.4, 0.5) is 0 Å². The molecule has 0 radical (unpaired) electrons. The van der Waals surface area contributed by atoms with E-state index in [0.717, 1.165) is 36.8 Å². The number of ketones is 1. The van der Waals surface area contributed by atoms with Crippen molar-refractivity contribution in [1.82, 2.24) is 10.2 Å². The molecule has 1 fully saturated rings. The number of nitrogens with zero attached hydrogens (tertiary/aromatic N) is 2. The highest BCUT2D eigenvalue weighted by Crippen LogP contribution is 2.38. The molecule has 5 heteroatoms. The van der Waals surface area contributed by atoms with Crippen molar-refractivity contribution >= 4 is 23.6 Å². The SMILES string of the molecule is CC(=O)CC1=C(N2CCNCC2)C2N=CC=CC2C(Cl)=C1. The van der Waals surface area contributed by atoms with Gasteiger partial charge in [0.25, 0.3) is 0 Å². The van der Waals surface area contributed by atoms with Crippen molar-refractivity contribution in [2.75, 3.05) is 26.2 Å². The third kappa shape index (κ3) is 2.97. The molecule has 0 aromatic rings. The Morgan fingerprint density at radius 2 is 2.24 bits per heavy atom. The number of allylic oxidation sites excluding steroid dienone is 3. The maximum Gasteiger partial charge on any atom is 0.134 e. The molecule has 2 aliphatic heterocycles. The molecule has 0 aromatic heterocycles. The fourth-order valence-corrected chi connectivity index (χ4v) is 3.55. The number of Topliss-reactive ketones (excluding diaryl/α,β-unsaturated/α-hetero) is 1. The molecule has 0 amide bonds. The van der Waals surface area contributed by atoms with Crippen LogP contribution in [0.5, 0.6) is 0 Å². The van der Waals surface area contributed by atoms with Gasteiger partial charge in [-0.3, -0.25) is 9.79 Å². The van der Waals surface area contributed by atoms with E-state index in [1.54, 1.807) is 6.92 Å². The molecule has 0 aromatic carbocycles. The van der Waals surface area contributed by atoms with Gasteiger partial charge in [-0.05, 0) is 24.6 Å². The normalized spacial score (nSPS) is 28.5. The van der Waals surface area contributed by atoms with Crippen molar-refractivity contribution in [2.45, 2.75) is 19.4 Å². The van der Waals surface area contributed by atoms with Gasteiger partial charge in [-0.1, -0.05) is 17.7 Å². The Hall–Kier alpha value is -1.39. The number of carbonyl (C=O) groups excluding carboxylic acids is 1. The summed E-state index contributed by atoms with van der Waals surface area (Å²) in [4.78, 5) is 18.6. The number of carbonyl (C=O) groups is 1. The quantitative estimate of drug-likeness (QED) is 0.866. The van der Waals surface area contributed by atoms with E-state index in [-0.39, 0.29) is 17.7 Å². The Morgan fingerprint density at radius 3 is 2.95 bits per heavy atom. The third-order valence-electron chi connectivity index (χ3n) is 4.13. The highest BCUT2D eigenvalue weighted by Gasteiger charge is 2.35. The Morgan fingerprint density at radius 1 is 1.48 bits per heavy atom. The minimum absolute atomic E-state index is 0.0138. The molecule has 1 N–H and O–H groups in total. The maximum absolute atomic E-state index is 11.6. The van der Waals surface area contributed by atoms with Crippen LogP contribution in [0.25, 0.3) is 0 Å². The first-order valence-corrected chi connectivity index (χ1v) is 7.80. The van der Waals surface area contributed by atoms with E-state index in [1.165, 1.54) is 5.70 Å². The van der Waals surface area contributed by atoms with Gasteiger partial charge in [0.15, 0.2) is 0 Å². The van der Waals surface area contributed by atoms with Crippen LogP contribution in [0.15, 0.2) is 39.5 Å². The van der Waals surface area contributed by atoms with Crippen molar-refractivity contribution in [1.29, 1.82) is 0 Å². The summed E-state index contributed by atoms with van der Waals surface area (Å²) in [5.74, 6) is 0.268. The fourth-order valence-electron chi connectivity index (χ4n) is 3.23. The topological polar surface area (TPSA) is 44.7 Å². The summed E-state index contributed by atoms with van der Waals surface area (Å²) in [5, 5.41) is 4.15. The first-order valence-electron chi connectivity index (χ1n) is 7.42. The van der Waals surface area contributed by atoms with Crippen LogP contribution in [0.2, 0.25) is 0 Å². The van der Waals surface area contributed by atoms with Gasteiger partial charge in [-0.15, -0.1) is 0 Å². The number of hydrogen-bond donors (Lipinski definition) is 1. The lowest BCUT2D eigenvalue weighted by Gasteiger charge is -2.40. The Bertz CT molecular complexity index is 556. The third-order valence-corrected chi connectivity index (χ3v) is 4.49. The van der Waals surface area contributed by atoms with Crippen LogP contribution >= 0.6 is 11.6 Å². The van der Waals surface area contributed by atoms with Crippen LogP contribution in [-0.2, 0) is 4.79 Å². The van der Waals surface area contributed by atoms with E-state index in [9.17, 15) is 4.79 Å². The van der Waals surface area contributed by atoms with Gasteiger partial charge in [-0.2, -0.15) is 0 Å². The molecular weight excluding hydrogens is 286 g/mol. The Kier molecular flexibility index (Phi) is 4.27. The lowest BCUT2D eigenvalue weighted by Crippen LogP contribution is -2.47. The molecule has 3 aliphatic rings. The molecule has 21 heavy (non-hydrogen) atoms. The lowest BCUT2D eigenvalue weighted by molar-refractivity contribution is -0.116. The summed E-state index contributed by atoms with van der Waals surface area (Å²) in [7, 11) is 0. The molecule has 2 unspecified atom stereocenters. The summed E-state index contributed by atoms with van der Waals surface area (Å²) in [6.45, 7) is 5.45. The summed E-state index contributed by atoms with van der Waals surface area (Å²) in [6, 6.07) is 0.0138. The summed E-state index contributed by atoms with van der Waals surface area (Å²) < 4.78 is 0. The van der Waals surface area contributed by atoms with E-state index >= 15 is 0 Å². The van der Waals surface area contributed by atoms with E-state index in [1.807, 2.05) is 18.4 Å². The molecule has 2 heterocycles. The van der Waals surface area contributed by atoms with E-state index < -0.39 is 0 Å². The largest absolute Gasteiger partial charge is 0.370 e. The summed E-state index contributed by atoms with van der Waals surface area (Å²) >= 11 is 6.43. The average Bonchev–Trinajstić information content (AvgIpc) is 2.48. The van der Waals surface area contributed by atoms with Crippen molar-refractivity contribution in [3.05, 3.63) is 34.5 Å². The first-order chi connectivity index (χ1) is 10.2. The van der Waals surface area contributed by atoms with Crippen LogP contribution in [0.3, 0.4) is 0 Å². The van der Waals surface area contributed by atoms with Gasteiger partial charge in [0.05, 0.1) is 0 Å². The number of aliphatic imine (C=N–C) groups is 1. The zero-order chi connectivity index (χ0) is 14.8. The zero-order valence-corrected chi connectivity index (χ0v) is 12.9. The molecular formula is C16H20ClN3O. The molecule has 1 aliphatic carbocycles. The number of dihydropyridines is 1. The van der Waals surface area contributed by atoms with Crippen molar-refractivity contribution in [2.24, 2.45) is 10.9 Å². The number of nitrogens with one attached hydrogen (secondary N) is 1. The van der Waals surface area contributed by atoms with Gasteiger partial charge in [0.1, 0.15) is 11.8 Å². The first kappa shape index (κ1) is 14.5. The monoisotopic (exact) mass is 305 g/mol. The second kappa shape index (κ2) is 6.16. The molecule has 0 saturated carbocycles. The van der Waals surface area contributed by atoms with Gasteiger partial charge in [0.2, 0.25) is 0 Å². The molecule has 3 rings (SSSR count). The number of halogens is 1. The number of rotatable bonds is 3. The van der Waals surface area contributed by atoms with Crippen molar-refractivity contribution in [3.63, 3.8) is 0 Å². The smallest absolute Gasteiger partial charge is 0.134 e. The maximum atomic E-state index is 11.6. The Balaban J connectivity index is 2.01. The Labute approximate surface area is 130 Å². The summed E-state index contributed by atoms with van der Waals surface area (Å²) in [5.41, 5.74) is 2.21. The van der Waals surface area contributed by atoms with E-state index in [2.05, 4.69) is 21.3 Å². The number of hydrogen-bond acceptors (Lipinski definition) is 4. The predicted octanol–water partition coefficient (Wildman–Crippen LogP) is 1.89. The van der Waals surface area contributed by atoms with Crippen LogP contribution in [0.1, 0.15) is 13.3 Å². The van der Waals surface area contributed by atoms with Gasteiger partial charge < -0.3 is 10.2 Å². The van der Waals surface area contributed by atoms with Crippen molar-refractivity contribution < 1.29 is 4.79 Å². The highest BCUT2D eigenvalue weighted by molar-refractivity contribution is 6.30. The average molecular weight is 306 g/mol. The van der Waals surface area contributed by atoms with Gasteiger partial charge in [-0.25, -0.2) is 0 Å². The molecule has 1 saturated heterocycles. The number of fused-ring (bicyclic) bond motifs is 1. The minimum atomic E-state index is 0.0138. The molecule has 0 bridgehead atoms. The van der Waals surface area contributed by atoms with Gasteiger partial charge in [0, 0.05) is 55.5 Å². The lowest BCUT2D eigenvalue weighted by atomic mass is 9.84. The molecule has 2 atom stereocenters. The second-order valence-electron chi connectivity index (χ2n) is 5.71. The standard InChI is InChI=1S/C16H20ClN3O/c1-11(21)9-12-10-14(17)13-3-2-4-19-15(13)16(12)20-7-5-18-6-8-20/h2-4,10,13,15,18H,5-9H2,1H3. The van der Waals surface area contributed by atoms with Crippen LogP contribution in [-0.4, -0.2) is 49.1 Å². The van der Waals surface area contributed by atoms with Gasteiger partial charge >= 0.3 is 0 Å². The van der Waals surface area contributed by atoms with Crippen LogP contribution in [0, 0.1) is 5.92 Å². The summed E-state index contributed by atoms with van der Waals surface area (Å²) in [6.07, 6.45) is 8.29. The van der Waals surface area contributed by atoms with E-state index in [4.69, 9.17) is 11.6 Å². The van der Waals surface area contributed by atoms with Crippen molar-refractivity contribution in [3.8, 4) is 0 Å². The zero-order valence-electron chi connectivity index (χ0n) is 12.2. The van der Waals surface area contributed by atoms with Crippen LogP contribution < -0.4 is 5.32 Å². The molecule has 112 valence electrons. The predicted molar refractivity (Wildman–Crippen MR) is 85.6 cm³/mol. The molecule has 0 spiro atoms. The second-order valence-corrected chi connectivity index (χ2v) is 6.15. The fraction of sp³-hybridized carbons (Fsp3) is 0.500.